The summed E-state index contributed by atoms with van der Waals surface area (Å²) in [5.74, 6) is 0.808. The topological polar surface area (TPSA) is 98.0 Å². The Balaban J connectivity index is 1.50. The first-order valence-electron chi connectivity index (χ1n) is 7.85. The van der Waals surface area contributed by atoms with E-state index in [4.69, 9.17) is 4.52 Å². The van der Waals surface area contributed by atoms with Crippen molar-refractivity contribution in [1.82, 2.24) is 15.1 Å². The van der Waals surface area contributed by atoms with Crippen molar-refractivity contribution in [2.75, 3.05) is 5.32 Å². The normalized spacial score (nSPS) is 13.6. The molecular weight excluding hydrogens is 340 g/mol. The van der Waals surface area contributed by atoms with E-state index in [1.807, 2.05) is 0 Å². The summed E-state index contributed by atoms with van der Waals surface area (Å²) in [6.45, 7) is 1.72. The third-order valence-corrected chi connectivity index (χ3v) is 4.98. The molecule has 0 aliphatic heterocycles. The van der Waals surface area contributed by atoms with Crippen LogP contribution in [0.3, 0.4) is 0 Å². The van der Waals surface area contributed by atoms with Gasteiger partial charge in [0.2, 0.25) is 11.7 Å². The fourth-order valence-electron chi connectivity index (χ4n) is 2.68. The van der Waals surface area contributed by atoms with E-state index in [0.29, 0.717) is 33.7 Å². The molecule has 1 amide bonds. The van der Waals surface area contributed by atoms with E-state index in [1.165, 1.54) is 11.3 Å². The van der Waals surface area contributed by atoms with Crippen LogP contribution in [0.15, 0.2) is 28.8 Å². The van der Waals surface area contributed by atoms with Crippen molar-refractivity contribution >= 4 is 28.2 Å². The van der Waals surface area contributed by atoms with Crippen LogP contribution in [0.4, 0.5) is 5.13 Å². The summed E-state index contributed by atoms with van der Waals surface area (Å²) in [5, 5.41) is 7.07. The highest BCUT2D eigenvalue weighted by Crippen LogP contribution is 2.30. The number of nitrogens with zero attached hydrogens (tertiary/aromatic N) is 3. The third kappa shape index (κ3) is 3.08. The summed E-state index contributed by atoms with van der Waals surface area (Å²) in [6.07, 6.45) is 2.16. The lowest BCUT2D eigenvalue weighted by molar-refractivity contribution is 0.0975. The van der Waals surface area contributed by atoms with Gasteiger partial charge in [0.1, 0.15) is 0 Å². The molecule has 25 heavy (non-hydrogen) atoms. The Morgan fingerprint density at radius 3 is 2.68 bits per heavy atom. The van der Waals surface area contributed by atoms with E-state index in [0.717, 1.165) is 24.1 Å². The summed E-state index contributed by atoms with van der Waals surface area (Å²) in [5.41, 5.74) is 2.05. The van der Waals surface area contributed by atoms with Crippen LogP contribution in [0.25, 0.3) is 11.4 Å². The molecule has 3 aromatic rings. The van der Waals surface area contributed by atoms with Crippen LogP contribution in [-0.2, 0) is 6.42 Å². The zero-order valence-electron chi connectivity index (χ0n) is 13.4. The molecule has 2 heterocycles. The van der Waals surface area contributed by atoms with Crippen LogP contribution < -0.4 is 5.32 Å². The average molecular weight is 354 g/mol. The van der Waals surface area contributed by atoms with Gasteiger partial charge < -0.3 is 4.52 Å². The van der Waals surface area contributed by atoms with E-state index in [1.54, 1.807) is 31.2 Å². The average Bonchev–Trinajstić information content (AvgIpc) is 3.22. The number of thiazole rings is 1. The Morgan fingerprint density at radius 1 is 1.20 bits per heavy atom. The molecule has 8 heteroatoms. The highest BCUT2D eigenvalue weighted by molar-refractivity contribution is 7.17. The minimum absolute atomic E-state index is 0.110. The largest absolute Gasteiger partial charge is 0.339 e. The van der Waals surface area contributed by atoms with Gasteiger partial charge in [-0.15, -0.1) is 0 Å². The summed E-state index contributed by atoms with van der Waals surface area (Å²) in [7, 11) is 0. The lowest BCUT2D eigenvalue weighted by Crippen LogP contribution is -2.11. The fraction of sp³-hybridized carbons (Fsp3) is 0.235. The van der Waals surface area contributed by atoms with Crippen LogP contribution in [-0.4, -0.2) is 26.8 Å². The standard InChI is InChI=1S/C17H14N4O3S/c1-9-18-15(21-24-9)10-5-7-11(8-6-10)16(23)20-17-19-12-3-2-4-13(22)14(12)25-17/h5-8H,2-4H2,1H3,(H,19,20,23). The first-order chi connectivity index (χ1) is 12.1. The van der Waals surface area contributed by atoms with Gasteiger partial charge >= 0.3 is 0 Å². The molecule has 7 nitrogen and oxygen atoms in total. The van der Waals surface area contributed by atoms with Gasteiger partial charge in [0, 0.05) is 24.5 Å². The molecule has 1 aromatic carbocycles. The number of carbonyl (C=O) groups excluding carboxylic acids is 2. The molecule has 2 aromatic heterocycles. The van der Waals surface area contributed by atoms with Crippen molar-refractivity contribution in [2.45, 2.75) is 26.2 Å². The Bertz CT molecular complexity index is 959. The highest BCUT2D eigenvalue weighted by Gasteiger charge is 2.23. The Labute approximate surface area is 147 Å². The summed E-state index contributed by atoms with van der Waals surface area (Å²) in [6, 6.07) is 6.90. The number of ketones is 1. The first kappa shape index (κ1) is 15.6. The molecular formula is C17H14N4O3S. The van der Waals surface area contributed by atoms with Gasteiger partial charge in [0.25, 0.3) is 5.91 Å². The van der Waals surface area contributed by atoms with Gasteiger partial charge in [-0.05, 0) is 25.0 Å². The second-order valence-corrected chi connectivity index (χ2v) is 6.74. The molecule has 0 unspecified atom stereocenters. The molecule has 0 saturated carbocycles. The van der Waals surface area contributed by atoms with Crippen LogP contribution in [0.5, 0.6) is 0 Å². The predicted octanol–water partition coefficient (Wildman–Crippen LogP) is 3.27. The predicted molar refractivity (Wildman–Crippen MR) is 91.8 cm³/mol. The number of Topliss-reactive ketones (excluding diaryl/α,β-unsaturated/α-hetero) is 1. The number of aryl methyl sites for hydroxylation is 2. The van der Waals surface area contributed by atoms with Gasteiger partial charge in [-0.1, -0.05) is 28.6 Å². The number of rotatable bonds is 3. The Hall–Kier alpha value is -2.87. The minimum atomic E-state index is -0.269. The molecule has 126 valence electrons. The van der Waals surface area contributed by atoms with Crippen LogP contribution in [0, 0.1) is 6.92 Å². The molecule has 0 atom stereocenters. The maximum atomic E-state index is 12.4. The number of hydrogen-bond acceptors (Lipinski definition) is 7. The number of fused-ring (bicyclic) bond motifs is 1. The van der Waals surface area contributed by atoms with Gasteiger partial charge in [0.05, 0.1) is 10.6 Å². The van der Waals surface area contributed by atoms with Crippen LogP contribution in [0.2, 0.25) is 0 Å². The maximum absolute atomic E-state index is 12.4. The summed E-state index contributed by atoms with van der Waals surface area (Å²) < 4.78 is 4.95. The molecule has 1 N–H and O–H groups in total. The number of aromatic nitrogens is 3. The summed E-state index contributed by atoms with van der Waals surface area (Å²) >= 11 is 1.24. The second kappa shape index (κ2) is 6.21. The van der Waals surface area contributed by atoms with Crippen LogP contribution in [0.1, 0.15) is 44.5 Å². The minimum Gasteiger partial charge on any atom is -0.339 e. The van der Waals surface area contributed by atoms with E-state index in [2.05, 4.69) is 20.4 Å². The monoisotopic (exact) mass is 354 g/mol. The van der Waals surface area contributed by atoms with Crippen molar-refractivity contribution < 1.29 is 14.1 Å². The number of amides is 1. The van der Waals surface area contributed by atoms with Gasteiger partial charge in [-0.25, -0.2) is 4.98 Å². The molecule has 0 bridgehead atoms. The first-order valence-corrected chi connectivity index (χ1v) is 8.67. The number of nitrogens with one attached hydrogen (secondary N) is 1. The van der Waals surface area contributed by atoms with E-state index < -0.39 is 0 Å². The zero-order valence-corrected chi connectivity index (χ0v) is 14.2. The van der Waals surface area contributed by atoms with Crippen molar-refractivity contribution in [1.29, 1.82) is 0 Å². The van der Waals surface area contributed by atoms with Gasteiger partial charge in [-0.2, -0.15) is 4.98 Å². The van der Waals surface area contributed by atoms with E-state index in [-0.39, 0.29) is 11.7 Å². The smallest absolute Gasteiger partial charge is 0.257 e. The second-order valence-electron chi connectivity index (χ2n) is 5.74. The molecule has 4 rings (SSSR count). The molecule has 1 aliphatic carbocycles. The van der Waals surface area contributed by atoms with Crippen LogP contribution >= 0.6 is 11.3 Å². The molecule has 0 saturated heterocycles. The molecule has 0 spiro atoms. The lowest BCUT2D eigenvalue weighted by Gasteiger charge is -2.05. The number of hydrogen-bond donors (Lipinski definition) is 1. The van der Waals surface area contributed by atoms with Gasteiger partial charge in [0.15, 0.2) is 10.9 Å². The van der Waals surface area contributed by atoms with E-state index >= 15 is 0 Å². The number of carbonyl (C=O) groups is 2. The van der Waals surface area contributed by atoms with Crippen molar-refractivity contribution in [3.8, 4) is 11.4 Å². The SMILES string of the molecule is Cc1nc(-c2ccc(C(=O)Nc3nc4c(s3)C(=O)CCC4)cc2)no1. The number of benzene rings is 1. The van der Waals surface area contributed by atoms with Crippen molar-refractivity contribution in [3.63, 3.8) is 0 Å². The summed E-state index contributed by atoms with van der Waals surface area (Å²) in [4.78, 5) is 33.4. The highest BCUT2D eigenvalue weighted by atomic mass is 32.1. The Morgan fingerprint density at radius 2 is 2.00 bits per heavy atom. The maximum Gasteiger partial charge on any atom is 0.257 e. The lowest BCUT2D eigenvalue weighted by atomic mass is 10.0. The Kier molecular flexibility index (Phi) is 3.89. The molecule has 1 aliphatic rings. The third-order valence-electron chi connectivity index (χ3n) is 3.92. The van der Waals surface area contributed by atoms with Gasteiger partial charge in [-0.3, -0.25) is 14.9 Å². The number of anilines is 1. The van der Waals surface area contributed by atoms with Crippen molar-refractivity contribution in [3.05, 3.63) is 46.3 Å². The van der Waals surface area contributed by atoms with E-state index in [9.17, 15) is 9.59 Å². The zero-order chi connectivity index (χ0) is 17.4. The quantitative estimate of drug-likeness (QED) is 0.775. The van der Waals surface area contributed by atoms with Crippen molar-refractivity contribution in [2.24, 2.45) is 0 Å². The molecule has 0 fully saturated rings. The fourth-order valence-corrected chi connectivity index (χ4v) is 3.65. The molecule has 0 radical (unpaired) electrons.